The fraction of sp³-hybridized carbons (Fsp3) is 0.875. The molecule has 1 N–H and O–H groups in total. The first-order valence-corrected chi connectivity index (χ1v) is 7.87. The van der Waals surface area contributed by atoms with E-state index in [4.69, 9.17) is 0 Å². The molecule has 0 aromatic heterocycles. The maximum absolute atomic E-state index is 12.9. The van der Waals surface area contributed by atoms with Gasteiger partial charge < -0.3 is 15.0 Å². The van der Waals surface area contributed by atoms with Gasteiger partial charge in [0.2, 0.25) is 5.91 Å². The van der Waals surface area contributed by atoms with Crippen molar-refractivity contribution in [3.05, 3.63) is 0 Å². The van der Waals surface area contributed by atoms with Crippen molar-refractivity contribution < 1.29 is 14.3 Å². The fourth-order valence-corrected chi connectivity index (χ4v) is 2.92. The summed E-state index contributed by atoms with van der Waals surface area (Å²) in [6.45, 7) is 11.0. The zero-order valence-corrected chi connectivity index (χ0v) is 14.2. The van der Waals surface area contributed by atoms with Crippen molar-refractivity contribution >= 4 is 12.0 Å². The van der Waals surface area contributed by atoms with E-state index < -0.39 is 12.1 Å². The molecule has 1 rings (SSSR count). The molecule has 3 atom stereocenters. The molecule has 0 unspecified atom stereocenters. The summed E-state index contributed by atoms with van der Waals surface area (Å²) in [4.78, 5) is 26.4. The van der Waals surface area contributed by atoms with Crippen molar-refractivity contribution in [2.45, 2.75) is 66.0 Å². The van der Waals surface area contributed by atoms with Crippen LogP contribution in [-0.2, 0) is 9.53 Å². The monoisotopic (exact) mass is 298 g/mol. The quantitative estimate of drug-likeness (QED) is 0.868. The predicted octanol–water partition coefficient (Wildman–Crippen LogP) is 2.79. The molecule has 0 spiro atoms. The summed E-state index contributed by atoms with van der Waals surface area (Å²) in [5.74, 6) is 0.492. The smallest absolute Gasteiger partial charge is 0.407 e. The van der Waals surface area contributed by atoms with Gasteiger partial charge in [0.1, 0.15) is 6.04 Å². The molecular weight excluding hydrogens is 268 g/mol. The summed E-state index contributed by atoms with van der Waals surface area (Å²) < 4.78 is 4.66. The van der Waals surface area contributed by atoms with Crippen molar-refractivity contribution in [2.24, 2.45) is 11.3 Å². The van der Waals surface area contributed by atoms with Crippen LogP contribution in [0.15, 0.2) is 0 Å². The predicted molar refractivity (Wildman–Crippen MR) is 83.0 cm³/mol. The highest BCUT2D eigenvalue weighted by molar-refractivity contribution is 5.86. The molecule has 1 fully saturated rings. The highest BCUT2D eigenvalue weighted by Crippen LogP contribution is 2.29. The molecule has 0 bridgehead atoms. The van der Waals surface area contributed by atoms with Crippen LogP contribution in [0.2, 0.25) is 0 Å². The van der Waals surface area contributed by atoms with Gasteiger partial charge in [-0.3, -0.25) is 4.79 Å². The van der Waals surface area contributed by atoms with Gasteiger partial charge in [0, 0.05) is 12.6 Å². The number of nitrogens with zero attached hydrogens (tertiary/aromatic N) is 1. The summed E-state index contributed by atoms with van der Waals surface area (Å²) in [6, 6.07) is -0.276. The molecule has 5 heteroatoms. The van der Waals surface area contributed by atoms with Crippen LogP contribution in [0.25, 0.3) is 0 Å². The highest BCUT2D eigenvalue weighted by atomic mass is 16.5. The first-order chi connectivity index (χ1) is 9.72. The summed E-state index contributed by atoms with van der Waals surface area (Å²) in [7, 11) is 1.32. The average Bonchev–Trinajstić information content (AvgIpc) is 2.90. The first kappa shape index (κ1) is 17.8. The largest absolute Gasteiger partial charge is 0.453 e. The Morgan fingerprint density at radius 1 is 1.38 bits per heavy atom. The first-order valence-electron chi connectivity index (χ1n) is 7.87. The lowest BCUT2D eigenvalue weighted by Crippen LogP contribution is -2.56. The molecule has 2 amide bonds. The number of ether oxygens (including phenoxy) is 1. The Balaban J connectivity index is 2.91. The summed E-state index contributed by atoms with van der Waals surface area (Å²) >= 11 is 0. The number of carbonyl (C=O) groups is 2. The molecule has 0 aromatic carbocycles. The lowest BCUT2D eigenvalue weighted by Gasteiger charge is -2.37. The Labute approximate surface area is 128 Å². The SMILES string of the molecule is CC[C@@H](C)[C@@H]1CCCN1C(=O)[C@@H](NC(=O)OC)C(C)(C)C. The lowest BCUT2D eigenvalue weighted by atomic mass is 9.85. The number of methoxy groups -OCH3 is 1. The molecule has 0 saturated carbocycles. The van der Waals surface area contributed by atoms with Gasteiger partial charge in [0.15, 0.2) is 0 Å². The third kappa shape index (κ3) is 4.35. The highest BCUT2D eigenvalue weighted by Gasteiger charge is 2.40. The molecule has 21 heavy (non-hydrogen) atoms. The van der Waals surface area contributed by atoms with Crippen LogP contribution in [0.3, 0.4) is 0 Å². The van der Waals surface area contributed by atoms with E-state index in [0.29, 0.717) is 5.92 Å². The van der Waals surface area contributed by atoms with E-state index >= 15 is 0 Å². The number of amides is 2. The Bertz CT molecular complexity index is 376. The van der Waals surface area contributed by atoms with E-state index in [1.165, 1.54) is 7.11 Å². The summed E-state index contributed by atoms with van der Waals surface area (Å²) in [6.07, 6.45) is 2.59. The third-order valence-electron chi connectivity index (χ3n) is 4.44. The van der Waals surface area contributed by atoms with E-state index in [-0.39, 0.29) is 17.4 Å². The van der Waals surface area contributed by atoms with Crippen LogP contribution in [0.5, 0.6) is 0 Å². The van der Waals surface area contributed by atoms with Crippen LogP contribution < -0.4 is 5.32 Å². The second-order valence-electron chi connectivity index (χ2n) is 7.06. The average molecular weight is 298 g/mol. The molecule has 0 aromatic rings. The maximum Gasteiger partial charge on any atom is 0.407 e. The number of likely N-dealkylation sites (tertiary alicyclic amines) is 1. The number of hydrogen-bond donors (Lipinski definition) is 1. The van der Waals surface area contributed by atoms with Crippen molar-refractivity contribution in [2.75, 3.05) is 13.7 Å². The molecule has 1 aliphatic heterocycles. The molecule has 1 aliphatic rings. The Morgan fingerprint density at radius 3 is 2.48 bits per heavy atom. The number of alkyl carbamates (subject to hydrolysis) is 1. The Hall–Kier alpha value is -1.26. The molecule has 1 heterocycles. The third-order valence-corrected chi connectivity index (χ3v) is 4.44. The normalized spacial score (nSPS) is 21.8. The number of carbonyl (C=O) groups excluding carboxylic acids is 2. The van der Waals surface area contributed by atoms with Crippen molar-refractivity contribution in [1.82, 2.24) is 10.2 Å². The molecule has 5 nitrogen and oxygen atoms in total. The minimum absolute atomic E-state index is 0.00991. The van der Waals surface area contributed by atoms with Crippen LogP contribution in [0.1, 0.15) is 53.9 Å². The van der Waals surface area contributed by atoms with Crippen molar-refractivity contribution in [3.63, 3.8) is 0 Å². The van der Waals surface area contributed by atoms with Gasteiger partial charge in [-0.15, -0.1) is 0 Å². The zero-order chi connectivity index (χ0) is 16.2. The topological polar surface area (TPSA) is 58.6 Å². The number of hydrogen-bond acceptors (Lipinski definition) is 3. The van der Waals surface area contributed by atoms with Gasteiger partial charge in [-0.05, 0) is 24.2 Å². The van der Waals surface area contributed by atoms with Crippen molar-refractivity contribution in [1.29, 1.82) is 0 Å². The second kappa shape index (κ2) is 7.14. The standard InChI is InChI=1S/C16H30N2O3/c1-7-11(2)12-9-8-10-18(12)14(19)13(16(3,4)5)17-15(20)21-6/h11-13H,7-10H2,1-6H3,(H,17,20)/t11-,12+,13-/m1/s1. The Kier molecular flexibility index (Phi) is 6.05. The maximum atomic E-state index is 12.9. The summed E-state index contributed by atoms with van der Waals surface area (Å²) in [5, 5.41) is 2.71. The van der Waals surface area contributed by atoms with Gasteiger partial charge in [-0.1, -0.05) is 41.0 Å². The Morgan fingerprint density at radius 2 is 2.00 bits per heavy atom. The van der Waals surface area contributed by atoms with E-state index in [2.05, 4.69) is 23.9 Å². The van der Waals surface area contributed by atoms with Crippen LogP contribution in [0, 0.1) is 11.3 Å². The van der Waals surface area contributed by atoms with Gasteiger partial charge in [0.05, 0.1) is 7.11 Å². The molecular formula is C16H30N2O3. The van der Waals surface area contributed by atoms with Crippen LogP contribution in [0.4, 0.5) is 4.79 Å². The molecule has 1 saturated heterocycles. The minimum Gasteiger partial charge on any atom is -0.453 e. The van der Waals surface area contributed by atoms with E-state index in [1.807, 2.05) is 25.7 Å². The van der Waals surface area contributed by atoms with E-state index in [0.717, 1.165) is 25.8 Å². The zero-order valence-electron chi connectivity index (χ0n) is 14.2. The lowest BCUT2D eigenvalue weighted by molar-refractivity contribution is -0.137. The number of nitrogens with one attached hydrogen (secondary N) is 1. The van der Waals surface area contributed by atoms with E-state index in [9.17, 15) is 9.59 Å². The van der Waals surface area contributed by atoms with Crippen molar-refractivity contribution in [3.8, 4) is 0 Å². The van der Waals surface area contributed by atoms with Gasteiger partial charge >= 0.3 is 6.09 Å². The number of rotatable bonds is 4. The second-order valence-corrected chi connectivity index (χ2v) is 7.06. The molecule has 0 aliphatic carbocycles. The van der Waals surface area contributed by atoms with Gasteiger partial charge in [0.25, 0.3) is 0 Å². The minimum atomic E-state index is -0.561. The van der Waals surface area contributed by atoms with Gasteiger partial charge in [-0.2, -0.15) is 0 Å². The van der Waals surface area contributed by atoms with Gasteiger partial charge in [-0.25, -0.2) is 4.79 Å². The van der Waals surface area contributed by atoms with E-state index in [1.54, 1.807) is 0 Å². The van der Waals surface area contributed by atoms with Crippen LogP contribution in [-0.4, -0.2) is 42.6 Å². The molecule has 0 radical (unpaired) electrons. The summed E-state index contributed by atoms with van der Waals surface area (Å²) in [5.41, 5.74) is -0.353. The van der Waals surface area contributed by atoms with Crippen LogP contribution >= 0.6 is 0 Å². The fourth-order valence-electron chi connectivity index (χ4n) is 2.92. The molecule has 122 valence electrons.